The van der Waals surface area contributed by atoms with Crippen LogP contribution in [0.3, 0.4) is 0 Å². The van der Waals surface area contributed by atoms with E-state index in [1.165, 1.54) is 0 Å². The number of rotatable bonds is 6. The predicted molar refractivity (Wildman–Crippen MR) is 73.5 cm³/mol. The van der Waals surface area contributed by atoms with Gasteiger partial charge in [0.15, 0.2) is 0 Å². The Morgan fingerprint density at radius 3 is 1.18 bits per heavy atom. The average molecular weight is 245 g/mol. The minimum absolute atomic E-state index is 0.0327. The zero-order valence-electron chi connectivity index (χ0n) is 13.2. The molecular weight excluding hydrogens is 214 g/mol. The quantitative estimate of drug-likeness (QED) is 0.718. The van der Waals surface area contributed by atoms with Gasteiger partial charge in [-0.05, 0) is 48.5 Å². The molecule has 0 aliphatic rings. The summed E-state index contributed by atoms with van der Waals surface area (Å²) in [6.07, 6.45) is 0. The first kappa shape index (κ1) is 16.9. The molecule has 0 fully saturated rings. The van der Waals surface area contributed by atoms with Crippen LogP contribution in [0.1, 0.15) is 48.5 Å². The molecule has 0 unspecified atom stereocenters. The molecule has 0 N–H and O–H groups in total. The lowest BCUT2D eigenvalue weighted by Gasteiger charge is -2.55. The van der Waals surface area contributed by atoms with Gasteiger partial charge in [0.1, 0.15) is 0 Å². The van der Waals surface area contributed by atoms with Gasteiger partial charge in [0.2, 0.25) is 0 Å². The largest absolute Gasteiger partial charge is 0.383 e. The molecule has 0 bridgehead atoms. The summed E-state index contributed by atoms with van der Waals surface area (Å²) < 4.78 is 10.7. The molecule has 0 radical (unpaired) electrons. The van der Waals surface area contributed by atoms with Crippen LogP contribution < -0.4 is 0 Å². The van der Waals surface area contributed by atoms with Crippen LogP contribution >= 0.6 is 0 Å². The first-order valence-electron chi connectivity index (χ1n) is 6.27. The van der Waals surface area contributed by atoms with E-state index in [-0.39, 0.29) is 16.6 Å². The van der Waals surface area contributed by atoms with Crippen molar-refractivity contribution in [3.8, 4) is 0 Å². The van der Waals surface area contributed by atoms with E-state index in [1.807, 2.05) is 0 Å². The maximum atomic E-state index is 5.37. The Hall–Kier alpha value is -0.120. The van der Waals surface area contributed by atoms with Gasteiger partial charge in [-0.15, -0.1) is 0 Å². The van der Waals surface area contributed by atoms with Crippen molar-refractivity contribution in [3.05, 3.63) is 0 Å². The molecule has 0 atom stereocenters. The number of hydrogen-bond donors (Lipinski definition) is 0. The van der Waals surface area contributed by atoms with Crippen LogP contribution in [0.25, 0.3) is 0 Å². The van der Waals surface area contributed by atoms with Gasteiger partial charge < -0.3 is 9.47 Å². The Labute approximate surface area is 107 Å². The summed E-state index contributed by atoms with van der Waals surface area (Å²) in [6.45, 7) is 17.0. The monoisotopic (exact) mass is 245 g/mol. The van der Waals surface area contributed by atoms with Gasteiger partial charge >= 0.3 is 0 Å². The van der Waals surface area contributed by atoms with Crippen LogP contribution in [0, 0.1) is 0 Å². The van der Waals surface area contributed by atoms with Gasteiger partial charge in [0.25, 0.3) is 0 Å². The van der Waals surface area contributed by atoms with Gasteiger partial charge in [-0.2, -0.15) is 0 Å². The molecule has 0 spiro atoms. The molecule has 0 saturated heterocycles. The predicted octanol–water partition coefficient (Wildman–Crippen LogP) is 2.94. The molecule has 0 heterocycles. The third-order valence-electron chi connectivity index (χ3n) is 2.88. The van der Waals surface area contributed by atoms with Crippen molar-refractivity contribution >= 4 is 0 Å². The second-order valence-corrected chi connectivity index (χ2v) is 7.00. The van der Waals surface area contributed by atoms with E-state index >= 15 is 0 Å². The zero-order valence-corrected chi connectivity index (χ0v) is 13.2. The SMILES string of the molecule is COCC(C)(C)N(C(C)(C)C)C(C)(C)COC. The minimum atomic E-state index is -0.0327. The molecule has 0 aliphatic carbocycles. The van der Waals surface area contributed by atoms with Crippen molar-refractivity contribution in [1.82, 2.24) is 4.90 Å². The topological polar surface area (TPSA) is 21.7 Å². The molecule has 0 aromatic rings. The minimum Gasteiger partial charge on any atom is -0.383 e. The number of nitrogens with zero attached hydrogens (tertiary/aromatic N) is 1. The summed E-state index contributed by atoms with van der Waals surface area (Å²) in [6, 6.07) is 0. The highest BCUT2D eigenvalue weighted by molar-refractivity contribution is 4.99. The lowest BCUT2D eigenvalue weighted by molar-refractivity contribution is -0.106. The fourth-order valence-corrected chi connectivity index (χ4v) is 3.47. The molecule has 104 valence electrons. The van der Waals surface area contributed by atoms with E-state index in [4.69, 9.17) is 9.47 Å². The highest BCUT2D eigenvalue weighted by Gasteiger charge is 2.44. The summed E-state index contributed by atoms with van der Waals surface area (Å²) in [7, 11) is 3.51. The Morgan fingerprint density at radius 1 is 0.706 bits per heavy atom. The van der Waals surface area contributed by atoms with E-state index in [2.05, 4.69) is 53.4 Å². The van der Waals surface area contributed by atoms with Crippen molar-refractivity contribution in [1.29, 1.82) is 0 Å². The fraction of sp³-hybridized carbons (Fsp3) is 1.00. The van der Waals surface area contributed by atoms with Crippen molar-refractivity contribution in [2.45, 2.75) is 65.1 Å². The normalized spacial score (nSPS) is 14.5. The molecule has 3 heteroatoms. The van der Waals surface area contributed by atoms with Crippen LogP contribution in [-0.4, -0.2) is 49.0 Å². The first-order chi connectivity index (χ1) is 7.49. The third-order valence-corrected chi connectivity index (χ3v) is 2.88. The van der Waals surface area contributed by atoms with E-state index in [0.29, 0.717) is 13.2 Å². The fourth-order valence-electron chi connectivity index (χ4n) is 3.47. The van der Waals surface area contributed by atoms with E-state index in [9.17, 15) is 0 Å². The third kappa shape index (κ3) is 4.57. The lowest BCUT2D eigenvalue weighted by Crippen LogP contribution is -2.66. The van der Waals surface area contributed by atoms with Crippen LogP contribution in [0.4, 0.5) is 0 Å². The van der Waals surface area contributed by atoms with Gasteiger partial charge in [0, 0.05) is 30.8 Å². The summed E-state index contributed by atoms with van der Waals surface area (Å²) in [5, 5.41) is 0. The Kier molecular flexibility index (Phi) is 5.64. The van der Waals surface area contributed by atoms with Crippen molar-refractivity contribution < 1.29 is 9.47 Å². The molecule has 0 aromatic heterocycles. The molecule has 0 aromatic carbocycles. The average Bonchev–Trinajstić information content (AvgIpc) is 1.97. The summed E-state index contributed by atoms with van der Waals surface area (Å²) in [5.74, 6) is 0. The van der Waals surface area contributed by atoms with Crippen LogP contribution in [0.15, 0.2) is 0 Å². The Morgan fingerprint density at radius 2 is 1.00 bits per heavy atom. The van der Waals surface area contributed by atoms with Crippen molar-refractivity contribution in [2.75, 3.05) is 27.4 Å². The molecule has 0 rings (SSSR count). The van der Waals surface area contributed by atoms with Crippen LogP contribution in [-0.2, 0) is 9.47 Å². The van der Waals surface area contributed by atoms with Gasteiger partial charge in [-0.3, -0.25) is 4.90 Å². The molecule has 0 saturated carbocycles. The van der Waals surface area contributed by atoms with Gasteiger partial charge in [-0.1, -0.05) is 0 Å². The van der Waals surface area contributed by atoms with Gasteiger partial charge in [0.05, 0.1) is 13.2 Å². The highest BCUT2D eigenvalue weighted by Crippen LogP contribution is 2.34. The van der Waals surface area contributed by atoms with Crippen LogP contribution in [0.2, 0.25) is 0 Å². The Balaban J connectivity index is 5.29. The molecule has 0 amide bonds. The Bertz CT molecular complexity index is 211. The lowest BCUT2D eigenvalue weighted by atomic mass is 9.86. The summed E-state index contributed by atoms with van der Waals surface area (Å²) >= 11 is 0. The molecule has 17 heavy (non-hydrogen) atoms. The first-order valence-corrected chi connectivity index (χ1v) is 6.27. The van der Waals surface area contributed by atoms with E-state index < -0.39 is 0 Å². The standard InChI is InChI=1S/C14H31NO2/c1-12(2,3)15(13(4,5)10-16-8)14(6,7)11-17-9/h10-11H2,1-9H3. The van der Waals surface area contributed by atoms with E-state index in [1.54, 1.807) is 14.2 Å². The molecule has 0 aliphatic heterocycles. The second kappa shape index (κ2) is 5.68. The van der Waals surface area contributed by atoms with Crippen molar-refractivity contribution in [2.24, 2.45) is 0 Å². The van der Waals surface area contributed by atoms with Gasteiger partial charge in [-0.25, -0.2) is 0 Å². The smallest absolute Gasteiger partial charge is 0.0641 e. The molecule has 3 nitrogen and oxygen atoms in total. The van der Waals surface area contributed by atoms with Crippen molar-refractivity contribution in [3.63, 3.8) is 0 Å². The van der Waals surface area contributed by atoms with Crippen LogP contribution in [0.5, 0.6) is 0 Å². The molecular formula is C14H31NO2. The summed E-state index contributed by atoms with van der Waals surface area (Å²) in [5.41, 5.74) is -0.00583. The number of methoxy groups -OCH3 is 2. The second-order valence-electron chi connectivity index (χ2n) is 7.00. The highest BCUT2D eigenvalue weighted by atomic mass is 16.5. The van der Waals surface area contributed by atoms with E-state index in [0.717, 1.165) is 0 Å². The zero-order chi connectivity index (χ0) is 13.9. The summed E-state index contributed by atoms with van der Waals surface area (Å²) in [4.78, 5) is 2.49. The maximum Gasteiger partial charge on any atom is 0.0641 e. The number of hydrogen-bond acceptors (Lipinski definition) is 3. The number of ether oxygens (including phenoxy) is 2. The maximum absolute atomic E-state index is 5.37.